The Morgan fingerprint density at radius 2 is 2.06 bits per heavy atom. The van der Waals surface area contributed by atoms with Crippen LogP contribution in [-0.4, -0.2) is 30.3 Å². The van der Waals surface area contributed by atoms with Crippen molar-refractivity contribution in [3.63, 3.8) is 0 Å². The van der Waals surface area contributed by atoms with Crippen LogP contribution >= 0.6 is 0 Å². The van der Waals surface area contributed by atoms with Gasteiger partial charge in [-0.15, -0.1) is 0 Å². The van der Waals surface area contributed by atoms with Crippen LogP contribution in [0.15, 0.2) is 16.5 Å². The van der Waals surface area contributed by atoms with Gasteiger partial charge in [0.1, 0.15) is 17.3 Å². The number of carbonyl (C=O) groups excluding carboxylic acids is 1. The molecule has 1 aliphatic carbocycles. The first-order valence-electron chi connectivity index (χ1n) is 6.42. The van der Waals surface area contributed by atoms with Crippen LogP contribution in [0.25, 0.3) is 0 Å². The normalized spacial score (nSPS) is 17.9. The Balaban J connectivity index is 1.77. The minimum absolute atomic E-state index is 0.427. The average Bonchev–Trinajstić information content (AvgIpc) is 2.73. The highest BCUT2D eigenvalue weighted by molar-refractivity contribution is 5.79. The Labute approximate surface area is 103 Å². The summed E-state index contributed by atoms with van der Waals surface area (Å²) in [4.78, 5) is 13.5. The first-order chi connectivity index (χ1) is 8.15. The molecule has 1 saturated carbocycles. The van der Waals surface area contributed by atoms with E-state index in [0.717, 1.165) is 50.2 Å². The van der Waals surface area contributed by atoms with Gasteiger partial charge in [-0.05, 0) is 38.9 Å². The van der Waals surface area contributed by atoms with Crippen LogP contribution in [-0.2, 0) is 11.2 Å². The fraction of sp³-hybridized carbons (Fsp3) is 0.643. The summed E-state index contributed by atoms with van der Waals surface area (Å²) >= 11 is 0. The van der Waals surface area contributed by atoms with Crippen molar-refractivity contribution in [3.05, 3.63) is 23.7 Å². The van der Waals surface area contributed by atoms with Gasteiger partial charge in [0.2, 0.25) is 0 Å². The molecule has 17 heavy (non-hydrogen) atoms. The Bertz CT molecular complexity index is 373. The van der Waals surface area contributed by atoms with E-state index in [2.05, 4.69) is 11.9 Å². The monoisotopic (exact) mass is 235 g/mol. The molecule has 0 aromatic carbocycles. The maximum absolute atomic E-state index is 11.2. The van der Waals surface area contributed by atoms with Crippen molar-refractivity contribution in [3.8, 4) is 0 Å². The fourth-order valence-corrected chi connectivity index (χ4v) is 2.45. The second-order valence-electron chi connectivity index (χ2n) is 5.01. The summed E-state index contributed by atoms with van der Waals surface area (Å²) in [5.74, 6) is 2.46. The molecule has 1 fully saturated rings. The van der Waals surface area contributed by atoms with Crippen molar-refractivity contribution >= 4 is 5.78 Å². The molecular formula is C14H21NO2. The first kappa shape index (κ1) is 12.4. The molecule has 0 spiro atoms. The Morgan fingerprint density at radius 1 is 1.35 bits per heavy atom. The van der Waals surface area contributed by atoms with Gasteiger partial charge in [-0.3, -0.25) is 4.79 Å². The summed E-state index contributed by atoms with van der Waals surface area (Å²) in [5, 5.41) is 0. The molecular weight excluding hydrogens is 214 g/mol. The van der Waals surface area contributed by atoms with Gasteiger partial charge in [0.25, 0.3) is 0 Å². The molecule has 1 aromatic heterocycles. The van der Waals surface area contributed by atoms with Crippen molar-refractivity contribution in [1.29, 1.82) is 0 Å². The van der Waals surface area contributed by atoms with Crippen LogP contribution in [0, 0.1) is 6.92 Å². The second-order valence-corrected chi connectivity index (χ2v) is 5.01. The highest BCUT2D eigenvalue weighted by atomic mass is 16.3. The summed E-state index contributed by atoms with van der Waals surface area (Å²) in [6.45, 7) is 2.98. The number of rotatable bonds is 4. The maximum Gasteiger partial charge on any atom is 0.133 e. The Hall–Kier alpha value is -1.09. The van der Waals surface area contributed by atoms with Crippen LogP contribution in [0.4, 0.5) is 0 Å². The topological polar surface area (TPSA) is 33.5 Å². The lowest BCUT2D eigenvalue weighted by Crippen LogP contribution is -2.36. The van der Waals surface area contributed by atoms with E-state index in [1.165, 1.54) is 0 Å². The van der Waals surface area contributed by atoms with Gasteiger partial charge in [0.05, 0.1) is 0 Å². The molecule has 94 valence electrons. The zero-order valence-electron chi connectivity index (χ0n) is 10.7. The van der Waals surface area contributed by atoms with E-state index in [4.69, 9.17) is 4.42 Å². The van der Waals surface area contributed by atoms with Crippen LogP contribution < -0.4 is 0 Å². The molecule has 0 unspecified atom stereocenters. The molecule has 1 aromatic rings. The summed E-state index contributed by atoms with van der Waals surface area (Å²) in [6, 6.07) is 4.63. The van der Waals surface area contributed by atoms with Crippen LogP contribution in [0.3, 0.4) is 0 Å². The third-order valence-corrected chi connectivity index (χ3v) is 3.64. The molecule has 0 amide bonds. The number of hydrogen-bond donors (Lipinski definition) is 0. The van der Waals surface area contributed by atoms with Gasteiger partial charge >= 0.3 is 0 Å². The lowest BCUT2D eigenvalue weighted by Gasteiger charge is -2.30. The molecule has 0 N–H and O–H groups in total. The number of Topliss-reactive ketones (excluding diaryl/α,β-unsaturated/α-hetero) is 1. The Kier molecular flexibility index (Phi) is 4.00. The molecule has 0 saturated heterocycles. The Morgan fingerprint density at radius 3 is 2.65 bits per heavy atom. The summed E-state index contributed by atoms with van der Waals surface area (Å²) in [7, 11) is 2.15. The van der Waals surface area contributed by atoms with E-state index in [9.17, 15) is 4.79 Å². The number of carbonyl (C=O) groups is 1. The SMILES string of the molecule is Cc1ccc(CCN(C)C2CCC(=O)CC2)o1. The predicted octanol–water partition coefficient (Wildman–Crippen LogP) is 2.57. The van der Waals surface area contributed by atoms with E-state index in [1.807, 2.05) is 19.1 Å². The minimum Gasteiger partial charge on any atom is -0.466 e. The molecule has 2 rings (SSSR count). The van der Waals surface area contributed by atoms with Gasteiger partial charge < -0.3 is 9.32 Å². The highest BCUT2D eigenvalue weighted by Gasteiger charge is 2.21. The minimum atomic E-state index is 0.427. The first-order valence-corrected chi connectivity index (χ1v) is 6.42. The lowest BCUT2D eigenvalue weighted by molar-refractivity contribution is -0.121. The molecule has 1 aliphatic rings. The molecule has 3 nitrogen and oxygen atoms in total. The zero-order chi connectivity index (χ0) is 12.3. The third kappa shape index (κ3) is 3.43. The van der Waals surface area contributed by atoms with Crippen LogP contribution in [0.1, 0.15) is 37.2 Å². The van der Waals surface area contributed by atoms with Gasteiger partial charge in [-0.25, -0.2) is 0 Å². The molecule has 0 aliphatic heterocycles. The number of hydrogen-bond acceptors (Lipinski definition) is 3. The lowest BCUT2D eigenvalue weighted by atomic mass is 9.93. The van der Waals surface area contributed by atoms with Crippen molar-refractivity contribution in [2.45, 2.75) is 45.1 Å². The molecule has 1 heterocycles. The van der Waals surface area contributed by atoms with Crippen molar-refractivity contribution in [1.82, 2.24) is 4.90 Å². The highest BCUT2D eigenvalue weighted by Crippen LogP contribution is 2.19. The largest absolute Gasteiger partial charge is 0.466 e. The number of nitrogens with zero attached hydrogens (tertiary/aromatic N) is 1. The van der Waals surface area contributed by atoms with Crippen LogP contribution in [0.2, 0.25) is 0 Å². The van der Waals surface area contributed by atoms with E-state index < -0.39 is 0 Å². The predicted molar refractivity (Wildman–Crippen MR) is 67.0 cm³/mol. The van der Waals surface area contributed by atoms with E-state index in [0.29, 0.717) is 11.8 Å². The van der Waals surface area contributed by atoms with E-state index >= 15 is 0 Å². The summed E-state index contributed by atoms with van der Waals surface area (Å²) in [5.41, 5.74) is 0. The van der Waals surface area contributed by atoms with Gasteiger partial charge in [-0.2, -0.15) is 0 Å². The quantitative estimate of drug-likeness (QED) is 0.804. The average molecular weight is 235 g/mol. The van der Waals surface area contributed by atoms with Gasteiger partial charge in [0.15, 0.2) is 0 Å². The van der Waals surface area contributed by atoms with Crippen LogP contribution in [0.5, 0.6) is 0 Å². The summed E-state index contributed by atoms with van der Waals surface area (Å²) in [6.07, 6.45) is 4.51. The van der Waals surface area contributed by atoms with E-state index in [-0.39, 0.29) is 0 Å². The fourth-order valence-electron chi connectivity index (χ4n) is 2.45. The van der Waals surface area contributed by atoms with E-state index in [1.54, 1.807) is 0 Å². The van der Waals surface area contributed by atoms with Gasteiger partial charge in [-0.1, -0.05) is 0 Å². The molecule has 0 radical (unpaired) electrons. The molecule has 0 atom stereocenters. The van der Waals surface area contributed by atoms with Crippen molar-refractivity contribution in [2.24, 2.45) is 0 Å². The van der Waals surface area contributed by atoms with Crippen molar-refractivity contribution in [2.75, 3.05) is 13.6 Å². The third-order valence-electron chi connectivity index (χ3n) is 3.64. The molecule has 3 heteroatoms. The second kappa shape index (κ2) is 5.50. The molecule has 0 bridgehead atoms. The zero-order valence-corrected chi connectivity index (χ0v) is 10.7. The number of ketones is 1. The van der Waals surface area contributed by atoms with Crippen molar-refractivity contribution < 1.29 is 9.21 Å². The maximum atomic E-state index is 11.2. The smallest absolute Gasteiger partial charge is 0.133 e. The number of likely N-dealkylation sites (N-methyl/N-ethyl adjacent to an activating group) is 1. The number of aryl methyl sites for hydroxylation is 1. The standard InChI is InChI=1S/C14H21NO2/c1-11-3-8-14(17-11)9-10-15(2)12-4-6-13(16)7-5-12/h3,8,12H,4-7,9-10H2,1-2H3. The summed E-state index contributed by atoms with van der Waals surface area (Å²) < 4.78 is 5.56. The van der Waals surface area contributed by atoms with Gasteiger partial charge in [0, 0.05) is 31.8 Å². The number of furan rings is 1.